The molecule has 0 saturated carbocycles. The lowest BCUT2D eigenvalue weighted by Crippen LogP contribution is -2.37. The van der Waals surface area contributed by atoms with Gasteiger partial charge in [-0.15, -0.1) is 24.0 Å². The number of hydrogen-bond acceptors (Lipinski definition) is 3. The number of ether oxygens (including phenoxy) is 1. The molecule has 3 rings (SSSR count). The van der Waals surface area contributed by atoms with Crippen LogP contribution in [-0.2, 0) is 13.1 Å². The Labute approximate surface area is 189 Å². The van der Waals surface area contributed by atoms with Crippen molar-refractivity contribution in [2.24, 2.45) is 4.99 Å². The van der Waals surface area contributed by atoms with Crippen LogP contribution in [0.2, 0.25) is 0 Å². The fourth-order valence-corrected chi connectivity index (χ4v) is 3.43. The fourth-order valence-electron chi connectivity index (χ4n) is 3.43. The monoisotopic (exact) mass is 507 g/mol. The summed E-state index contributed by atoms with van der Waals surface area (Å²) >= 11 is 0. The summed E-state index contributed by atoms with van der Waals surface area (Å²) in [6.07, 6.45) is 5.01. The lowest BCUT2D eigenvalue weighted by molar-refractivity contribution is 0.406. The lowest BCUT2D eigenvalue weighted by atomic mass is 10.1. The van der Waals surface area contributed by atoms with Crippen LogP contribution in [0.4, 0.5) is 0 Å². The number of aryl methyl sites for hydroxylation is 2. The molecule has 0 saturated heterocycles. The summed E-state index contributed by atoms with van der Waals surface area (Å²) < 4.78 is 7.77. The molecule has 2 aromatic heterocycles. The molecule has 0 radical (unpaired) electrons. The highest BCUT2D eigenvalue weighted by molar-refractivity contribution is 14.0. The minimum Gasteiger partial charge on any atom is -0.496 e. The molecule has 7 heteroatoms. The number of benzene rings is 1. The second-order valence-corrected chi connectivity index (χ2v) is 6.82. The van der Waals surface area contributed by atoms with Crippen molar-refractivity contribution in [1.82, 2.24) is 20.2 Å². The summed E-state index contributed by atoms with van der Waals surface area (Å²) in [6, 6.07) is 10.6. The van der Waals surface area contributed by atoms with Gasteiger partial charge < -0.3 is 19.9 Å². The van der Waals surface area contributed by atoms with Gasteiger partial charge in [-0.2, -0.15) is 0 Å². The smallest absolute Gasteiger partial charge is 0.191 e. The predicted octanol–water partition coefficient (Wildman–Crippen LogP) is 4.04. The van der Waals surface area contributed by atoms with E-state index >= 15 is 0 Å². The first-order valence-corrected chi connectivity index (χ1v) is 9.61. The number of nitrogens with one attached hydrogen (secondary N) is 2. The van der Waals surface area contributed by atoms with Crippen molar-refractivity contribution in [2.45, 2.75) is 33.4 Å². The van der Waals surface area contributed by atoms with Gasteiger partial charge in [0, 0.05) is 49.2 Å². The number of guanidine groups is 1. The van der Waals surface area contributed by atoms with E-state index in [2.05, 4.69) is 61.7 Å². The van der Waals surface area contributed by atoms with Crippen molar-refractivity contribution in [3.05, 3.63) is 59.5 Å². The van der Waals surface area contributed by atoms with Crippen molar-refractivity contribution in [3.8, 4) is 5.75 Å². The summed E-state index contributed by atoms with van der Waals surface area (Å²) in [5.74, 6) is 1.67. The molecule has 2 heterocycles. The molecule has 0 aliphatic carbocycles. The van der Waals surface area contributed by atoms with Crippen LogP contribution in [0.25, 0.3) is 10.9 Å². The van der Waals surface area contributed by atoms with E-state index in [1.165, 1.54) is 10.9 Å². The molecule has 29 heavy (non-hydrogen) atoms. The van der Waals surface area contributed by atoms with Crippen LogP contribution in [0, 0.1) is 13.8 Å². The molecule has 0 fully saturated rings. The van der Waals surface area contributed by atoms with Crippen molar-refractivity contribution >= 4 is 40.8 Å². The zero-order valence-corrected chi connectivity index (χ0v) is 19.9. The molecule has 0 aliphatic heterocycles. The molecule has 1 aromatic carbocycles. The second-order valence-electron chi connectivity index (χ2n) is 6.82. The maximum atomic E-state index is 5.48. The molecule has 0 atom stereocenters. The molecule has 2 N–H and O–H groups in total. The van der Waals surface area contributed by atoms with Gasteiger partial charge in [-0.25, -0.2) is 0 Å². The first-order valence-electron chi connectivity index (χ1n) is 9.61. The molecule has 156 valence electrons. The van der Waals surface area contributed by atoms with Crippen molar-refractivity contribution in [2.75, 3.05) is 20.7 Å². The Morgan fingerprint density at radius 3 is 2.72 bits per heavy atom. The molecule has 0 aliphatic rings. The Balaban J connectivity index is 0.00000300. The highest BCUT2D eigenvalue weighted by atomic mass is 127. The minimum absolute atomic E-state index is 0. The van der Waals surface area contributed by atoms with E-state index in [9.17, 15) is 0 Å². The van der Waals surface area contributed by atoms with E-state index in [1.54, 1.807) is 14.2 Å². The van der Waals surface area contributed by atoms with Gasteiger partial charge in [0.1, 0.15) is 5.75 Å². The highest BCUT2D eigenvalue weighted by Gasteiger charge is 2.10. The standard InChI is InChI=1S/C22H29N5O.HI/c1-16-14-25-19(17(2)21(16)28-4)15-26-22(23-3)24-11-7-12-27-13-10-18-8-5-6-9-20(18)27;/h5-6,8-10,13-14H,7,11-12,15H2,1-4H3,(H2,23,24,26);1H. The summed E-state index contributed by atoms with van der Waals surface area (Å²) in [5.41, 5.74) is 4.35. The number of methoxy groups -OCH3 is 1. The van der Waals surface area contributed by atoms with Gasteiger partial charge in [-0.05, 0) is 37.8 Å². The average Bonchev–Trinajstić information content (AvgIpc) is 3.12. The lowest BCUT2D eigenvalue weighted by Gasteiger charge is -2.15. The topological polar surface area (TPSA) is 63.5 Å². The predicted molar refractivity (Wildman–Crippen MR) is 130 cm³/mol. The van der Waals surface area contributed by atoms with Crippen LogP contribution >= 0.6 is 24.0 Å². The number of halogens is 1. The van der Waals surface area contributed by atoms with E-state index in [4.69, 9.17) is 4.74 Å². The molecule has 0 amide bonds. The van der Waals surface area contributed by atoms with Gasteiger partial charge in [0.15, 0.2) is 5.96 Å². The quantitative estimate of drug-likeness (QED) is 0.220. The highest BCUT2D eigenvalue weighted by Crippen LogP contribution is 2.23. The summed E-state index contributed by atoms with van der Waals surface area (Å²) in [6.45, 7) is 6.45. The number of aromatic nitrogens is 2. The zero-order valence-electron chi connectivity index (χ0n) is 17.5. The van der Waals surface area contributed by atoms with Crippen LogP contribution in [0.15, 0.2) is 47.7 Å². The number of pyridine rings is 1. The first kappa shape index (κ1) is 23.0. The van der Waals surface area contributed by atoms with E-state index < -0.39 is 0 Å². The van der Waals surface area contributed by atoms with Gasteiger partial charge in [0.25, 0.3) is 0 Å². The normalized spacial score (nSPS) is 11.2. The van der Waals surface area contributed by atoms with E-state index in [1.807, 2.05) is 20.0 Å². The van der Waals surface area contributed by atoms with Crippen LogP contribution in [0.5, 0.6) is 5.75 Å². The third-order valence-electron chi connectivity index (χ3n) is 4.95. The zero-order chi connectivity index (χ0) is 19.9. The maximum Gasteiger partial charge on any atom is 0.191 e. The summed E-state index contributed by atoms with van der Waals surface area (Å²) in [4.78, 5) is 8.83. The SMILES string of the molecule is CN=C(NCCCn1ccc2ccccc21)NCc1ncc(C)c(OC)c1C.I. The number of para-hydroxylation sites is 1. The third-order valence-corrected chi connectivity index (χ3v) is 4.95. The first-order chi connectivity index (χ1) is 13.6. The Morgan fingerprint density at radius 1 is 1.17 bits per heavy atom. The van der Waals surface area contributed by atoms with Crippen LogP contribution in [0.1, 0.15) is 23.2 Å². The van der Waals surface area contributed by atoms with Crippen LogP contribution in [-0.4, -0.2) is 36.2 Å². The number of hydrogen-bond donors (Lipinski definition) is 2. The van der Waals surface area contributed by atoms with E-state index in [-0.39, 0.29) is 24.0 Å². The molecule has 6 nitrogen and oxygen atoms in total. The molecule has 0 spiro atoms. The van der Waals surface area contributed by atoms with Gasteiger partial charge >= 0.3 is 0 Å². The van der Waals surface area contributed by atoms with Gasteiger partial charge in [0.05, 0.1) is 19.3 Å². The average molecular weight is 507 g/mol. The Kier molecular flexibility index (Phi) is 8.75. The Morgan fingerprint density at radius 2 is 1.97 bits per heavy atom. The number of nitrogens with zero attached hydrogens (tertiary/aromatic N) is 3. The fraction of sp³-hybridized carbons (Fsp3) is 0.364. The van der Waals surface area contributed by atoms with Crippen molar-refractivity contribution in [3.63, 3.8) is 0 Å². The second kappa shape index (κ2) is 11.0. The van der Waals surface area contributed by atoms with E-state index in [0.717, 1.165) is 48.0 Å². The summed E-state index contributed by atoms with van der Waals surface area (Å²) in [5, 5.41) is 7.99. The Bertz CT molecular complexity index is 967. The van der Waals surface area contributed by atoms with Crippen LogP contribution in [0.3, 0.4) is 0 Å². The van der Waals surface area contributed by atoms with Crippen LogP contribution < -0.4 is 15.4 Å². The molecule has 3 aromatic rings. The molecular weight excluding hydrogens is 477 g/mol. The van der Waals surface area contributed by atoms with Crippen molar-refractivity contribution in [1.29, 1.82) is 0 Å². The third kappa shape index (κ3) is 5.62. The van der Waals surface area contributed by atoms with Gasteiger partial charge in [-0.3, -0.25) is 9.98 Å². The van der Waals surface area contributed by atoms with Gasteiger partial charge in [0.2, 0.25) is 0 Å². The maximum absolute atomic E-state index is 5.48. The summed E-state index contributed by atoms with van der Waals surface area (Å²) in [7, 11) is 3.48. The van der Waals surface area contributed by atoms with E-state index in [0.29, 0.717) is 6.54 Å². The molecular formula is C22H30IN5O. The largest absolute Gasteiger partial charge is 0.496 e. The number of aliphatic imine (C=N–C) groups is 1. The number of fused-ring (bicyclic) bond motifs is 1. The van der Waals surface area contributed by atoms with Crippen molar-refractivity contribution < 1.29 is 4.74 Å². The minimum atomic E-state index is 0. The number of rotatable bonds is 7. The van der Waals surface area contributed by atoms with Gasteiger partial charge in [-0.1, -0.05) is 18.2 Å². The molecule has 0 bridgehead atoms. The Hall–Kier alpha value is -2.29. The molecule has 0 unspecified atom stereocenters.